The van der Waals surface area contributed by atoms with Crippen molar-refractivity contribution in [1.82, 2.24) is 0 Å². The van der Waals surface area contributed by atoms with Gasteiger partial charge in [0.2, 0.25) is 0 Å². The molecule has 0 atom stereocenters. The van der Waals surface area contributed by atoms with E-state index in [1.54, 1.807) is 25.1 Å². The number of ketones is 1. The second-order valence-electron chi connectivity index (χ2n) is 3.04. The van der Waals surface area contributed by atoms with Crippen LogP contribution >= 0.6 is 0 Å². The first kappa shape index (κ1) is 10.6. The molecule has 76 valence electrons. The number of methoxy groups -OCH3 is 1. The fourth-order valence-corrected chi connectivity index (χ4v) is 1.21. The van der Waals surface area contributed by atoms with E-state index in [-0.39, 0.29) is 18.0 Å². The van der Waals surface area contributed by atoms with E-state index in [0.29, 0.717) is 17.7 Å². The summed E-state index contributed by atoms with van der Waals surface area (Å²) in [6.07, 6.45) is 0.746. The number of ether oxygens (including phenoxy) is 1. The zero-order valence-electron chi connectivity index (χ0n) is 8.41. The SMILES string of the molecule is CCC(=O)Cc1cccc(OC)c1O. The van der Waals surface area contributed by atoms with Crippen LogP contribution in [0.1, 0.15) is 18.9 Å². The van der Waals surface area contributed by atoms with Crippen LogP contribution in [0.25, 0.3) is 0 Å². The van der Waals surface area contributed by atoms with Gasteiger partial charge >= 0.3 is 0 Å². The maximum absolute atomic E-state index is 11.2. The summed E-state index contributed by atoms with van der Waals surface area (Å²) in [6, 6.07) is 5.15. The molecule has 0 aliphatic rings. The molecule has 0 heterocycles. The van der Waals surface area contributed by atoms with E-state index in [1.807, 2.05) is 0 Å². The van der Waals surface area contributed by atoms with Gasteiger partial charge in [0.05, 0.1) is 7.11 Å². The number of para-hydroxylation sites is 1. The van der Waals surface area contributed by atoms with Gasteiger partial charge in [-0.3, -0.25) is 4.79 Å². The van der Waals surface area contributed by atoms with E-state index in [1.165, 1.54) is 7.11 Å². The van der Waals surface area contributed by atoms with E-state index in [0.717, 1.165) is 0 Å². The molecule has 1 aromatic rings. The predicted octanol–water partition coefficient (Wildman–Crippen LogP) is 1.92. The topological polar surface area (TPSA) is 46.5 Å². The van der Waals surface area contributed by atoms with Gasteiger partial charge in [0.1, 0.15) is 5.78 Å². The summed E-state index contributed by atoms with van der Waals surface area (Å²) in [4.78, 5) is 11.2. The summed E-state index contributed by atoms with van der Waals surface area (Å²) in [7, 11) is 1.49. The molecule has 0 saturated heterocycles. The summed E-state index contributed by atoms with van der Waals surface area (Å²) < 4.78 is 4.94. The number of rotatable bonds is 4. The lowest BCUT2D eigenvalue weighted by molar-refractivity contribution is -0.118. The van der Waals surface area contributed by atoms with Gasteiger partial charge in [-0.15, -0.1) is 0 Å². The van der Waals surface area contributed by atoms with Crippen LogP contribution in [0.5, 0.6) is 11.5 Å². The number of carbonyl (C=O) groups is 1. The molecule has 0 aromatic heterocycles. The lowest BCUT2D eigenvalue weighted by Gasteiger charge is -2.07. The number of hydrogen-bond acceptors (Lipinski definition) is 3. The van der Waals surface area contributed by atoms with Crippen LogP contribution in [-0.2, 0) is 11.2 Å². The van der Waals surface area contributed by atoms with Crippen LogP contribution in [0, 0.1) is 0 Å². The Morgan fingerprint density at radius 1 is 1.50 bits per heavy atom. The molecule has 0 aliphatic carbocycles. The summed E-state index contributed by atoms with van der Waals surface area (Å²) in [5.41, 5.74) is 0.621. The summed E-state index contributed by atoms with van der Waals surface area (Å²) >= 11 is 0. The van der Waals surface area contributed by atoms with Crippen molar-refractivity contribution in [2.75, 3.05) is 7.11 Å². The third-order valence-electron chi connectivity index (χ3n) is 2.08. The first-order chi connectivity index (χ1) is 6.69. The number of aromatic hydroxyl groups is 1. The van der Waals surface area contributed by atoms with Crippen LogP contribution in [0.2, 0.25) is 0 Å². The molecule has 0 fully saturated rings. The molecule has 3 nitrogen and oxygen atoms in total. The molecular formula is C11H14O3. The molecule has 0 amide bonds. The molecule has 1 aromatic carbocycles. The van der Waals surface area contributed by atoms with Crippen LogP contribution in [0.3, 0.4) is 0 Å². The average Bonchev–Trinajstić information content (AvgIpc) is 2.21. The Bertz CT molecular complexity index is 331. The number of benzene rings is 1. The number of phenols is 1. The third kappa shape index (κ3) is 2.25. The number of Topliss-reactive ketones (excluding diaryl/α,β-unsaturated/α-hetero) is 1. The Balaban J connectivity index is 2.92. The fraction of sp³-hybridized carbons (Fsp3) is 0.364. The number of phenolic OH excluding ortho intramolecular Hbond substituents is 1. The minimum atomic E-state index is 0.0665. The highest BCUT2D eigenvalue weighted by Gasteiger charge is 2.09. The molecule has 1 rings (SSSR count). The second kappa shape index (κ2) is 4.65. The highest BCUT2D eigenvalue weighted by molar-refractivity contribution is 5.81. The molecule has 0 bridgehead atoms. The summed E-state index contributed by atoms with van der Waals surface area (Å²) in [5.74, 6) is 0.580. The van der Waals surface area contributed by atoms with Crippen molar-refractivity contribution in [3.63, 3.8) is 0 Å². The molecule has 14 heavy (non-hydrogen) atoms. The first-order valence-electron chi connectivity index (χ1n) is 4.55. The Kier molecular flexibility index (Phi) is 3.51. The quantitative estimate of drug-likeness (QED) is 0.796. The maximum atomic E-state index is 11.2. The van der Waals surface area contributed by atoms with Crippen molar-refractivity contribution in [3.8, 4) is 11.5 Å². The lowest BCUT2D eigenvalue weighted by Crippen LogP contribution is -2.01. The van der Waals surface area contributed by atoms with Crippen LogP contribution < -0.4 is 4.74 Å². The van der Waals surface area contributed by atoms with Gasteiger partial charge in [-0.25, -0.2) is 0 Å². The zero-order valence-corrected chi connectivity index (χ0v) is 8.41. The van der Waals surface area contributed by atoms with Crippen molar-refractivity contribution in [2.45, 2.75) is 19.8 Å². The standard InChI is InChI=1S/C11H14O3/c1-3-9(12)7-8-5-4-6-10(14-2)11(8)13/h4-6,13H,3,7H2,1-2H3. The van der Waals surface area contributed by atoms with Gasteiger partial charge < -0.3 is 9.84 Å². The number of hydrogen-bond donors (Lipinski definition) is 1. The zero-order chi connectivity index (χ0) is 10.6. The van der Waals surface area contributed by atoms with Crippen LogP contribution in [0.15, 0.2) is 18.2 Å². The predicted molar refractivity (Wildman–Crippen MR) is 53.7 cm³/mol. The molecule has 0 unspecified atom stereocenters. The third-order valence-corrected chi connectivity index (χ3v) is 2.08. The Labute approximate surface area is 83.3 Å². The van der Waals surface area contributed by atoms with E-state index in [4.69, 9.17) is 4.74 Å². The Hall–Kier alpha value is -1.51. The lowest BCUT2D eigenvalue weighted by atomic mass is 10.1. The number of carbonyl (C=O) groups excluding carboxylic acids is 1. The normalized spacial score (nSPS) is 9.86. The van der Waals surface area contributed by atoms with Crippen molar-refractivity contribution in [1.29, 1.82) is 0 Å². The maximum Gasteiger partial charge on any atom is 0.161 e. The first-order valence-corrected chi connectivity index (χ1v) is 4.55. The van der Waals surface area contributed by atoms with Gasteiger partial charge in [0.25, 0.3) is 0 Å². The molecule has 3 heteroatoms. The van der Waals surface area contributed by atoms with Crippen LogP contribution in [0.4, 0.5) is 0 Å². The monoisotopic (exact) mass is 194 g/mol. The van der Waals surface area contributed by atoms with Gasteiger partial charge in [0.15, 0.2) is 11.5 Å². The summed E-state index contributed by atoms with van der Waals surface area (Å²) in [5, 5.41) is 9.66. The minimum absolute atomic E-state index is 0.0665. The van der Waals surface area contributed by atoms with Crippen molar-refractivity contribution in [3.05, 3.63) is 23.8 Å². The van der Waals surface area contributed by atoms with Gasteiger partial charge in [-0.2, -0.15) is 0 Å². The largest absolute Gasteiger partial charge is 0.504 e. The minimum Gasteiger partial charge on any atom is -0.504 e. The van der Waals surface area contributed by atoms with Gasteiger partial charge in [-0.1, -0.05) is 19.1 Å². The van der Waals surface area contributed by atoms with E-state index in [9.17, 15) is 9.90 Å². The van der Waals surface area contributed by atoms with Crippen LogP contribution in [-0.4, -0.2) is 18.0 Å². The molecule has 0 spiro atoms. The van der Waals surface area contributed by atoms with Gasteiger partial charge in [-0.05, 0) is 6.07 Å². The highest BCUT2D eigenvalue weighted by Crippen LogP contribution is 2.29. The molecule has 1 N–H and O–H groups in total. The Morgan fingerprint density at radius 3 is 2.79 bits per heavy atom. The van der Waals surface area contributed by atoms with Crippen molar-refractivity contribution >= 4 is 5.78 Å². The second-order valence-corrected chi connectivity index (χ2v) is 3.04. The Morgan fingerprint density at radius 2 is 2.21 bits per heavy atom. The van der Waals surface area contributed by atoms with Crippen molar-refractivity contribution < 1.29 is 14.6 Å². The fourth-order valence-electron chi connectivity index (χ4n) is 1.21. The molecule has 0 saturated carbocycles. The summed E-state index contributed by atoms with van der Waals surface area (Å²) in [6.45, 7) is 1.81. The molecule has 0 radical (unpaired) electrons. The molecular weight excluding hydrogens is 180 g/mol. The average molecular weight is 194 g/mol. The van der Waals surface area contributed by atoms with E-state index < -0.39 is 0 Å². The van der Waals surface area contributed by atoms with Crippen molar-refractivity contribution in [2.24, 2.45) is 0 Å². The highest BCUT2D eigenvalue weighted by atomic mass is 16.5. The molecule has 0 aliphatic heterocycles. The van der Waals surface area contributed by atoms with E-state index >= 15 is 0 Å². The smallest absolute Gasteiger partial charge is 0.161 e. The van der Waals surface area contributed by atoms with E-state index in [2.05, 4.69) is 0 Å². The van der Waals surface area contributed by atoms with Gasteiger partial charge in [0, 0.05) is 18.4 Å².